The fourth-order valence-electron chi connectivity index (χ4n) is 3.67. The summed E-state index contributed by atoms with van der Waals surface area (Å²) >= 11 is 0. The van der Waals surface area contributed by atoms with Crippen LogP contribution in [0.1, 0.15) is 32.1 Å². The molecule has 1 saturated carbocycles. The van der Waals surface area contributed by atoms with Crippen molar-refractivity contribution in [2.24, 2.45) is 5.92 Å². The monoisotopic (exact) mass is 312 g/mol. The van der Waals surface area contributed by atoms with E-state index in [0.29, 0.717) is 23.5 Å². The van der Waals surface area contributed by atoms with Gasteiger partial charge in [0.2, 0.25) is 5.91 Å². The van der Waals surface area contributed by atoms with Gasteiger partial charge in [-0.15, -0.1) is 0 Å². The Balaban J connectivity index is 1.39. The van der Waals surface area contributed by atoms with E-state index in [1.165, 1.54) is 32.0 Å². The smallest absolute Gasteiger partial charge is 0.241 e. The number of aromatic nitrogens is 4. The van der Waals surface area contributed by atoms with Crippen LogP contribution in [0.3, 0.4) is 0 Å². The fraction of sp³-hybridized carbons (Fsp3) is 0.500. The number of amides is 1. The van der Waals surface area contributed by atoms with Crippen molar-refractivity contribution in [3.8, 4) is 5.82 Å². The number of rotatable bonds is 3. The molecule has 1 saturated heterocycles. The Hall–Kier alpha value is -2.28. The summed E-state index contributed by atoms with van der Waals surface area (Å²) in [4.78, 5) is 20.6. The van der Waals surface area contributed by atoms with Crippen molar-refractivity contribution in [2.45, 2.75) is 44.2 Å². The molecule has 0 bridgehead atoms. The van der Waals surface area contributed by atoms with Crippen molar-refractivity contribution in [3.05, 3.63) is 31.0 Å². The van der Waals surface area contributed by atoms with Gasteiger partial charge in [-0.05, 0) is 37.3 Å². The van der Waals surface area contributed by atoms with Crippen LogP contribution in [-0.4, -0.2) is 37.7 Å². The first-order chi connectivity index (χ1) is 11.3. The Morgan fingerprint density at radius 3 is 2.96 bits per heavy atom. The lowest BCUT2D eigenvalue weighted by Crippen LogP contribution is -2.39. The van der Waals surface area contributed by atoms with Crippen LogP contribution >= 0.6 is 0 Å². The standard InChI is InChI=1S/C16H20N6O/c23-16(14-7-11-3-1-2-4-13(11)21-14)20-12-5-6-15(18-8-12)22-10-17-9-19-22/h5-6,8-11,13-14,21H,1-4,7H2,(H,20,23). The Kier molecular flexibility index (Phi) is 3.78. The van der Waals surface area contributed by atoms with Crippen LogP contribution in [0.5, 0.6) is 0 Å². The summed E-state index contributed by atoms with van der Waals surface area (Å²) in [6.07, 6.45) is 10.7. The molecule has 4 rings (SSSR count). The van der Waals surface area contributed by atoms with E-state index in [1.807, 2.05) is 12.1 Å². The van der Waals surface area contributed by atoms with E-state index < -0.39 is 0 Å². The first-order valence-electron chi connectivity index (χ1n) is 8.17. The molecule has 2 fully saturated rings. The van der Waals surface area contributed by atoms with Crippen LogP contribution in [0.2, 0.25) is 0 Å². The van der Waals surface area contributed by atoms with E-state index in [1.54, 1.807) is 17.2 Å². The van der Waals surface area contributed by atoms with Crippen molar-refractivity contribution < 1.29 is 4.79 Å². The van der Waals surface area contributed by atoms with Gasteiger partial charge >= 0.3 is 0 Å². The molecule has 7 nitrogen and oxygen atoms in total. The molecule has 120 valence electrons. The zero-order valence-corrected chi connectivity index (χ0v) is 12.9. The van der Waals surface area contributed by atoms with Crippen molar-refractivity contribution in [1.29, 1.82) is 0 Å². The summed E-state index contributed by atoms with van der Waals surface area (Å²) in [5, 5.41) is 10.5. The minimum absolute atomic E-state index is 0.0368. The number of nitrogens with one attached hydrogen (secondary N) is 2. The normalized spacial score (nSPS) is 26.7. The van der Waals surface area contributed by atoms with Gasteiger partial charge in [-0.3, -0.25) is 4.79 Å². The summed E-state index contributed by atoms with van der Waals surface area (Å²) in [5.74, 6) is 1.37. The summed E-state index contributed by atoms with van der Waals surface area (Å²) < 4.78 is 1.58. The Bertz CT molecular complexity index is 654. The molecule has 0 radical (unpaired) electrons. The second-order valence-corrected chi connectivity index (χ2v) is 6.34. The topological polar surface area (TPSA) is 84.7 Å². The minimum atomic E-state index is -0.0851. The van der Waals surface area contributed by atoms with E-state index in [2.05, 4.69) is 25.7 Å². The molecule has 0 spiro atoms. The second-order valence-electron chi connectivity index (χ2n) is 6.34. The number of nitrogens with zero attached hydrogens (tertiary/aromatic N) is 4. The highest BCUT2D eigenvalue weighted by atomic mass is 16.2. The van der Waals surface area contributed by atoms with Gasteiger partial charge in [0, 0.05) is 6.04 Å². The molecular formula is C16H20N6O. The third-order valence-electron chi connectivity index (χ3n) is 4.85. The summed E-state index contributed by atoms with van der Waals surface area (Å²) in [6.45, 7) is 0. The lowest BCUT2D eigenvalue weighted by Gasteiger charge is -2.24. The van der Waals surface area contributed by atoms with Gasteiger partial charge in [0.1, 0.15) is 12.7 Å². The second kappa shape index (κ2) is 6.08. The number of carbonyl (C=O) groups excluding carboxylic acids is 1. The maximum absolute atomic E-state index is 12.4. The zero-order chi connectivity index (χ0) is 15.6. The molecule has 3 heterocycles. The molecule has 7 heteroatoms. The van der Waals surface area contributed by atoms with Crippen LogP contribution in [0.25, 0.3) is 5.82 Å². The predicted octanol–water partition coefficient (Wildman–Crippen LogP) is 1.52. The van der Waals surface area contributed by atoms with E-state index >= 15 is 0 Å². The molecule has 3 atom stereocenters. The number of hydrogen-bond acceptors (Lipinski definition) is 5. The minimum Gasteiger partial charge on any atom is -0.323 e. The summed E-state index contributed by atoms with van der Waals surface area (Å²) in [6, 6.07) is 4.08. The molecule has 1 amide bonds. The molecule has 2 aromatic heterocycles. The molecule has 2 aliphatic rings. The van der Waals surface area contributed by atoms with Crippen molar-refractivity contribution in [1.82, 2.24) is 25.1 Å². The van der Waals surface area contributed by atoms with Gasteiger partial charge in [0.15, 0.2) is 5.82 Å². The molecule has 1 aliphatic carbocycles. The van der Waals surface area contributed by atoms with Crippen LogP contribution in [0, 0.1) is 5.92 Å². The molecule has 0 aromatic carbocycles. The number of fused-ring (bicyclic) bond motifs is 1. The number of pyridine rings is 1. The Morgan fingerprint density at radius 2 is 2.22 bits per heavy atom. The molecule has 2 N–H and O–H groups in total. The fourth-order valence-corrected chi connectivity index (χ4v) is 3.67. The Morgan fingerprint density at radius 1 is 1.30 bits per heavy atom. The van der Waals surface area contributed by atoms with Gasteiger partial charge in [-0.1, -0.05) is 12.8 Å². The molecule has 3 unspecified atom stereocenters. The van der Waals surface area contributed by atoms with Crippen LogP contribution in [-0.2, 0) is 4.79 Å². The third kappa shape index (κ3) is 2.96. The molecular weight excluding hydrogens is 292 g/mol. The van der Waals surface area contributed by atoms with Crippen LogP contribution in [0.15, 0.2) is 31.0 Å². The highest BCUT2D eigenvalue weighted by Crippen LogP contribution is 2.33. The van der Waals surface area contributed by atoms with E-state index in [0.717, 1.165) is 6.42 Å². The average molecular weight is 312 g/mol. The van der Waals surface area contributed by atoms with Crippen molar-refractivity contribution >= 4 is 11.6 Å². The quantitative estimate of drug-likeness (QED) is 0.897. The van der Waals surface area contributed by atoms with Gasteiger partial charge < -0.3 is 10.6 Å². The maximum Gasteiger partial charge on any atom is 0.241 e. The molecule has 23 heavy (non-hydrogen) atoms. The Labute approximate surface area is 134 Å². The summed E-state index contributed by atoms with van der Waals surface area (Å²) in [5.41, 5.74) is 0.704. The highest BCUT2D eigenvalue weighted by molar-refractivity contribution is 5.95. The zero-order valence-electron chi connectivity index (χ0n) is 12.9. The van der Waals surface area contributed by atoms with E-state index in [4.69, 9.17) is 0 Å². The van der Waals surface area contributed by atoms with Gasteiger partial charge in [0.25, 0.3) is 0 Å². The van der Waals surface area contributed by atoms with Crippen LogP contribution < -0.4 is 10.6 Å². The number of anilines is 1. The summed E-state index contributed by atoms with van der Waals surface area (Å²) in [7, 11) is 0. The van der Waals surface area contributed by atoms with Crippen LogP contribution in [0.4, 0.5) is 5.69 Å². The predicted molar refractivity (Wildman–Crippen MR) is 85.1 cm³/mol. The largest absolute Gasteiger partial charge is 0.323 e. The molecule has 2 aromatic rings. The highest BCUT2D eigenvalue weighted by Gasteiger charge is 2.38. The van der Waals surface area contributed by atoms with E-state index in [-0.39, 0.29) is 11.9 Å². The first kappa shape index (κ1) is 14.3. The number of hydrogen-bond donors (Lipinski definition) is 2. The SMILES string of the molecule is O=C(Nc1ccc(-n2cncn2)nc1)C1CC2CCCCC2N1. The van der Waals surface area contributed by atoms with Gasteiger partial charge in [-0.2, -0.15) is 5.10 Å². The molecule has 1 aliphatic heterocycles. The maximum atomic E-state index is 12.4. The van der Waals surface area contributed by atoms with Gasteiger partial charge in [0.05, 0.1) is 17.9 Å². The van der Waals surface area contributed by atoms with E-state index in [9.17, 15) is 4.79 Å². The lowest BCUT2D eigenvalue weighted by molar-refractivity contribution is -0.117. The van der Waals surface area contributed by atoms with Crippen molar-refractivity contribution in [2.75, 3.05) is 5.32 Å². The lowest BCUT2D eigenvalue weighted by atomic mass is 9.85. The first-order valence-corrected chi connectivity index (χ1v) is 8.17. The third-order valence-corrected chi connectivity index (χ3v) is 4.85. The van der Waals surface area contributed by atoms with Gasteiger partial charge in [-0.25, -0.2) is 14.6 Å². The average Bonchev–Trinajstić information content (AvgIpc) is 3.25. The number of carbonyl (C=O) groups is 1. The van der Waals surface area contributed by atoms with Crippen molar-refractivity contribution in [3.63, 3.8) is 0 Å².